The Morgan fingerprint density at radius 2 is 2.23 bits per heavy atom. The number of amidine groups is 1. The third kappa shape index (κ3) is 5.61. The van der Waals surface area contributed by atoms with Gasteiger partial charge in [0.15, 0.2) is 17.1 Å². The van der Waals surface area contributed by atoms with E-state index in [2.05, 4.69) is 10.3 Å². The van der Waals surface area contributed by atoms with Gasteiger partial charge in [-0.1, -0.05) is 17.7 Å². The van der Waals surface area contributed by atoms with E-state index in [1.807, 2.05) is 12.3 Å². The molecule has 2 aromatic rings. The third-order valence-electron chi connectivity index (χ3n) is 5.40. The number of esters is 1. The topological polar surface area (TPSA) is 123 Å². The van der Waals surface area contributed by atoms with E-state index >= 15 is 0 Å². The molecule has 2 atom stereocenters. The lowest BCUT2D eigenvalue weighted by molar-refractivity contribution is -0.136. The summed E-state index contributed by atoms with van der Waals surface area (Å²) in [6, 6.07) is 2.92. The number of benzene rings is 1. The lowest BCUT2D eigenvalue weighted by Gasteiger charge is -2.36. The molecule has 1 saturated heterocycles. The smallest absolute Gasteiger partial charge is 0.466 e. The number of hydrogen-bond acceptors (Lipinski definition) is 10. The Hall–Kier alpha value is -3.06. The quantitative estimate of drug-likeness (QED) is 0.549. The zero-order valence-electron chi connectivity index (χ0n) is 18.8. The van der Waals surface area contributed by atoms with Crippen LogP contribution in [-0.2, 0) is 19.0 Å². The summed E-state index contributed by atoms with van der Waals surface area (Å²) in [7, 11) is 1.24. The predicted octanol–water partition coefficient (Wildman–Crippen LogP) is 3.12. The van der Waals surface area contributed by atoms with Crippen LogP contribution in [0, 0.1) is 12.7 Å². The second-order valence-electron chi connectivity index (χ2n) is 7.73. The maximum Gasteiger partial charge on any atom is 0.507 e. The number of hydrogen-bond donors (Lipinski definition) is 2. The molecule has 35 heavy (non-hydrogen) atoms. The molecule has 186 valence electrons. The van der Waals surface area contributed by atoms with Gasteiger partial charge in [0.2, 0.25) is 0 Å². The van der Waals surface area contributed by atoms with Gasteiger partial charge in [-0.05, 0) is 19.1 Å². The largest absolute Gasteiger partial charge is 0.507 e. The molecule has 10 nitrogen and oxygen atoms in total. The number of carbonyl (C=O) groups is 2. The van der Waals surface area contributed by atoms with Crippen molar-refractivity contribution < 1.29 is 33.3 Å². The highest BCUT2D eigenvalue weighted by Gasteiger charge is 2.36. The Morgan fingerprint density at radius 3 is 2.89 bits per heavy atom. The van der Waals surface area contributed by atoms with E-state index in [0.717, 1.165) is 11.8 Å². The molecule has 2 aliphatic heterocycles. The van der Waals surface area contributed by atoms with Crippen molar-refractivity contribution in [3.63, 3.8) is 0 Å². The number of nitrogens with one attached hydrogen (secondary N) is 1. The van der Waals surface area contributed by atoms with Gasteiger partial charge in [-0.25, -0.2) is 19.0 Å². The van der Waals surface area contributed by atoms with E-state index in [1.165, 1.54) is 30.6 Å². The van der Waals surface area contributed by atoms with Crippen molar-refractivity contribution in [3.05, 3.63) is 62.0 Å². The predicted molar refractivity (Wildman–Crippen MR) is 125 cm³/mol. The molecule has 0 amide bonds. The van der Waals surface area contributed by atoms with Crippen molar-refractivity contribution in [2.24, 2.45) is 4.99 Å². The summed E-state index contributed by atoms with van der Waals surface area (Å²) in [6.45, 7) is 2.66. The lowest BCUT2D eigenvalue weighted by Crippen LogP contribution is -2.50. The standard InChI is InChI=1S/C22H22ClFN4O6S/c1-11-10-35-20(25-11)19-26-15(8-28-5-6-33-9-16(28)34-22(30)31)17(21(29)32-2)18(27-19)13-4-3-12(24)7-14(13)23/h3-4,7,10,16,18H,5-6,8-9H2,1-2H3,(H,26,27)(H,30,31)/t16-,18-/m0/s1. The molecule has 0 aliphatic carbocycles. The van der Waals surface area contributed by atoms with E-state index < -0.39 is 30.2 Å². The van der Waals surface area contributed by atoms with Crippen molar-refractivity contribution in [1.82, 2.24) is 15.2 Å². The fourth-order valence-corrected chi connectivity index (χ4v) is 4.83. The molecule has 1 aromatic heterocycles. The number of methoxy groups -OCH3 is 1. The molecule has 0 saturated carbocycles. The maximum absolute atomic E-state index is 13.8. The van der Waals surface area contributed by atoms with Crippen molar-refractivity contribution >= 4 is 40.9 Å². The van der Waals surface area contributed by atoms with Gasteiger partial charge in [-0.3, -0.25) is 9.89 Å². The Bertz CT molecular complexity index is 1200. The highest BCUT2D eigenvalue weighted by molar-refractivity contribution is 7.11. The minimum atomic E-state index is -1.44. The van der Waals surface area contributed by atoms with Gasteiger partial charge in [0.25, 0.3) is 0 Å². The molecular formula is C22H22ClFN4O6S. The number of nitrogens with zero attached hydrogens (tertiary/aromatic N) is 3. The zero-order valence-corrected chi connectivity index (χ0v) is 20.4. The normalized spacial score (nSPS) is 20.7. The zero-order chi connectivity index (χ0) is 25.1. The van der Waals surface area contributed by atoms with Crippen LogP contribution in [0.3, 0.4) is 0 Å². The molecule has 4 rings (SSSR count). The molecule has 13 heteroatoms. The fourth-order valence-electron chi connectivity index (χ4n) is 3.81. The van der Waals surface area contributed by atoms with Crippen LogP contribution < -0.4 is 5.32 Å². The van der Waals surface area contributed by atoms with Gasteiger partial charge in [0, 0.05) is 40.4 Å². The summed E-state index contributed by atoms with van der Waals surface area (Å²) < 4.78 is 29.2. The van der Waals surface area contributed by atoms with Crippen LogP contribution in [0.4, 0.5) is 9.18 Å². The Morgan fingerprint density at radius 1 is 1.43 bits per heavy atom. The van der Waals surface area contributed by atoms with E-state index in [4.69, 9.17) is 35.9 Å². The minimum Gasteiger partial charge on any atom is -0.466 e. The van der Waals surface area contributed by atoms with Crippen LogP contribution in [-0.4, -0.2) is 72.6 Å². The Kier molecular flexibility index (Phi) is 7.65. The number of aliphatic imine (C=N–C) groups is 1. The van der Waals surface area contributed by atoms with Crippen LogP contribution >= 0.6 is 22.9 Å². The van der Waals surface area contributed by atoms with Gasteiger partial charge in [0.1, 0.15) is 11.9 Å². The van der Waals surface area contributed by atoms with E-state index in [1.54, 1.807) is 4.90 Å². The highest BCUT2D eigenvalue weighted by Crippen LogP contribution is 2.37. The van der Waals surface area contributed by atoms with Crippen LogP contribution in [0.5, 0.6) is 0 Å². The van der Waals surface area contributed by atoms with E-state index in [0.29, 0.717) is 35.3 Å². The Balaban J connectivity index is 1.81. The maximum atomic E-state index is 13.8. The summed E-state index contributed by atoms with van der Waals surface area (Å²) >= 11 is 7.72. The number of halogens is 2. The summed E-state index contributed by atoms with van der Waals surface area (Å²) in [4.78, 5) is 35.1. The van der Waals surface area contributed by atoms with E-state index in [-0.39, 0.29) is 23.7 Å². The molecule has 1 aromatic carbocycles. The molecule has 0 radical (unpaired) electrons. The number of aryl methyl sites for hydroxylation is 1. The third-order valence-corrected chi connectivity index (χ3v) is 6.69. The summed E-state index contributed by atoms with van der Waals surface area (Å²) in [5.41, 5.74) is 1.75. The van der Waals surface area contributed by atoms with Gasteiger partial charge in [-0.15, -0.1) is 11.3 Å². The first-order chi connectivity index (χ1) is 16.8. The SMILES string of the molecule is COC(=O)C1=C(CN2CCOC[C@@H]2OC(=O)O)NC(c2nc(C)cs2)=N[C@H]1c1ccc(F)cc1Cl. The van der Waals surface area contributed by atoms with E-state index in [9.17, 15) is 14.0 Å². The summed E-state index contributed by atoms with van der Waals surface area (Å²) in [6.07, 6.45) is -2.33. The highest BCUT2D eigenvalue weighted by atomic mass is 35.5. The lowest BCUT2D eigenvalue weighted by atomic mass is 9.95. The van der Waals surface area contributed by atoms with Crippen LogP contribution in [0.1, 0.15) is 22.3 Å². The van der Waals surface area contributed by atoms with Crippen molar-refractivity contribution in [2.45, 2.75) is 19.2 Å². The molecule has 1 fully saturated rings. The second kappa shape index (κ2) is 10.7. The molecule has 0 unspecified atom stereocenters. The first kappa shape index (κ1) is 25.0. The average Bonchev–Trinajstić information content (AvgIpc) is 3.25. The summed E-state index contributed by atoms with van der Waals surface area (Å²) in [5.74, 6) is -0.807. The van der Waals surface area contributed by atoms with Crippen LogP contribution in [0.15, 0.2) is 39.8 Å². The van der Waals surface area contributed by atoms with Gasteiger partial charge in [0.05, 0.1) is 25.9 Å². The minimum absolute atomic E-state index is 0.0347. The molecular weight excluding hydrogens is 503 g/mol. The van der Waals surface area contributed by atoms with Gasteiger partial charge >= 0.3 is 12.1 Å². The number of carboxylic acid groups (broad SMARTS) is 1. The van der Waals surface area contributed by atoms with Crippen molar-refractivity contribution in [3.8, 4) is 0 Å². The van der Waals surface area contributed by atoms with Crippen LogP contribution in [0.25, 0.3) is 0 Å². The molecule has 2 aliphatic rings. The fraction of sp³-hybridized carbons (Fsp3) is 0.364. The molecule has 0 bridgehead atoms. The molecule has 2 N–H and O–H groups in total. The number of carbonyl (C=O) groups excluding carboxylic acids is 1. The molecule has 3 heterocycles. The number of thiazole rings is 1. The van der Waals surface area contributed by atoms with Crippen molar-refractivity contribution in [1.29, 1.82) is 0 Å². The number of rotatable bonds is 6. The van der Waals surface area contributed by atoms with Gasteiger partial charge in [-0.2, -0.15) is 0 Å². The Labute approximate surface area is 209 Å². The molecule has 0 spiro atoms. The second-order valence-corrected chi connectivity index (χ2v) is 9.00. The first-order valence-corrected chi connectivity index (χ1v) is 11.8. The first-order valence-electron chi connectivity index (χ1n) is 10.5. The monoisotopic (exact) mass is 524 g/mol. The number of aromatic nitrogens is 1. The number of ether oxygens (including phenoxy) is 3. The number of morpholine rings is 1. The van der Waals surface area contributed by atoms with Crippen molar-refractivity contribution in [2.75, 3.05) is 33.4 Å². The van der Waals surface area contributed by atoms with Crippen LogP contribution in [0.2, 0.25) is 5.02 Å². The average molecular weight is 525 g/mol. The van der Waals surface area contributed by atoms with Gasteiger partial charge < -0.3 is 24.6 Å². The summed E-state index contributed by atoms with van der Waals surface area (Å²) in [5, 5.41) is 14.8.